The smallest absolute Gasteiger partial charge is 0.349 e. The molecule has 0 N–H and O–H groups in total. The van der Waals surface area contributed by atoms with Gasteiger partial charge in [0, 0.05) is 24.0 Å². The Kier molecular flexibility index (Phi) is 7.32. The van der Waals surface area contributed by atoms with Crippen LogP contribution in [0.5, 0.6) is 0 Å². The van der Waals surface area contributed by atoms with Gasteiger partial charge in [-0.3, -0.25) is 4.90 Å². The molecule has 0 fully saturated rings. The van der Waals surface area contributed by atoms with Crippen LogP contribution >= 0.6 is 0 Å². The van der Waals surface area contributed by atoms with Gasteiger partial charge in [0.05, 0.1) is 8.80 Å². The Morgan fingerprint density at radius 2 is 1.78 bits per heavy atom. The summed E-state index contributed by atoms with van der Waals surface area (Å²) in [4.78, 5) is 2.35. The highest BCUT2D eigenvalue weighted by Crippen LogP contribution is 2.18. The molecule has 0 spiro atoms. The Labute approximate surface area is 117 Å². The molecule has 2 atom stereocenters. The summed E-state index contributed by atoms with van der Waals surface area (Å²) in [6.45, 7) is 18.6. The third kappa shape index (κ3) is 6.47. The third-order valence-corrected chi connectivity index (χ3v) is 8.60. The lowest BCUT2D eigenvalue weighted by Crippen LogP contribution is -2.56. The van der Waals surface area contributed by atoms with Crippen LogP contribution in [0.1, 0.15) is 34.6 Å². The van der Waals surface area contributed by atoms with Crippen molar-refractivity contribution in [1.82, 2.24) is 4.90 Å². The van der Waals surface area contributed by atoms with Crippen LogP contribution < -0.4 is 0 Å². The van der Waals surface area contributed by atoms with Gasteiger partial charge >= 0.3 is 8.56 Å². The summed E-state index contributed by atoms with van der Waals surface area (Å²) in [5.41, 5.74) is 0.550. The number of hydrogen-bond acceptors (Lipinski definition) is 3. The van der Waals surface area contributed by atoms with E-state index < -0.39 is 17.4 Å². The molecule has 2 unspecified atom stereocenters. The molecule has 0 aromatic heterocycles. The Bertz CT molecular complexity index is 244. The van der Waals surface area contributed by atoms with Crippen LogP contribution in [0, 0.1) is 0 Å². The minimum Gasteiger partial charge on any atom is -0.394 e. The van der Waals surface area contributed by atoms with Crippen LogP contribution in [0.4, 0.5) is 0 Å². The summed E-state index contributed by atoms with van der Waals surface area (Å²) in [6, 6.07) is 0. The number of rotatable bonds is 7. The van der Waals surface area contributed by atoms with Gasteiger partial charge in [0.15, 0.2) is 0 Å². The maximum absolute atomic E-state index is 6.34. The van der Waals surface area contributed by atoms with Crippen molar-refractivity contribution in [3.63, 3.8) is 0 Å². The van der Waals surface area contributed by atoms with Crippen molar-refractivity contribution in [1.29, 1.82) is 0 Å². The standard InChI is InChI=1S/C13H33NO2Si2/c1-10-15-18(9,16-12(2)17(7)8)11-14(6)13(3,4)5/h12,17H,10-11H2,1-9H3. The molecular formula is C13H33NO2Si2. The van der Waals surface area contributed by atoms with E-state index in [-0.39, 0.29) is 5.54 Å². The second-order valence-electron chi connectivity index (χ2n) is 6.66. The molecule has 0 aliphatic carbocycles. The average molecular weight is 292 g/mol. The zero-order chi connectivity index (χ0) is 14.6. The Morgan fingerprint density at radius 1 is 1.28 bits per heavy atom. The van der Waals surface area contributed by atoms with Crippen molar-refractivity contribution in [3.8, 4) is 0 Å². The molecule has 5 heteroatoms. The topological polar surface area (TPSA) is 21.7 Å². The number of nitrogens with zero attached hydrogens (tertiary/aromatic N) is 1. The fourth-order valence-corrected chi connectivity index (χ4v) is 6.54. The maximum Gasteiger partial charge on any atom is 0.349 e. The second kappa shape index (κ2) is 7.19. The highest BCUT2D eigenvalue weighted by Gasteiger charge is 2.37. The lowest BCUT2D eigenvalue weighted by Gasteiger charge is -2.39. The predicted molar refractivity (Wildman–Crippen MR) is 85.1 cm³/mol. The Morgan fingerprint density at radius 3 is 2.11 bits per heavy atom. The molecule has 0 aromatic carbocycles. The summed E-state index contributed by atoms with van der Waals surface area (Å²) in [5.74, 6) is 0. The van der Waals surface area contributed by atoms with Gasteiger partial charge in [-0.1, -0.05) is 13.1 Å². The molecule has 18 heavy (non-hydrogen) atoms. The normalized spacial score (nSPS) is 18.2. The van der Waals surface area contributed by atoms with Crippen LogP contribution in [-0.2, 0) is 8.85 Å². The third-order valence-electron chi connectivity index (χ3n) is 3.49. The van der Waals surface area contributed by atoms with Crippen LogP contribution in [-0.4, -0.2) is 53.3 Å². The van der Waals surface area contributed by atoms with Crippen LogP contribution in [0.3, 0.4) is 0 Å². The monoisotopic (exact) mass is 291 g/mol. The molecule has 0 aromatic rings. The zero-order valence-corrected chi connectivity index (χ0v) is 16.0. The van der Waals surface area contributed by atoms with E-state index in [1.165, 1.54) is 0 Å². The van der Waals surface area contributed by atoms with E-state index in [1.54, 1.807) is 0 Å². The van der Waals surface area contributed by atoms with E-state index in [2.05, 4.69) is 66.2 Å². The van der Waals surface area contributed by atoms with Gasteiger partial charge in [-0.05, 0) is 48.2 Å². The van der Waals surface area contributed by atoms with Crippen molar-refractivity contribution >= 4 is 17.4 Å². The summed E-state index contributed by atoms with van der Waals surface area (Å²) in [5, 5.41) is 0. The molecular weight excluding hydrogens is 258 g/mol. The molecule has 0 aliphatic rings. The Balaban J connectivity index is 4.71. The summed E-state index contributed by atoms with van der Waals surface area (Å²) < 4.78 is 12.4. The molecule has 0 amide bonds. The molecule has 0 bridgehead atoms. The summed E-state index contributed by atoms with van der Waals surface area (Å²) in [6.07, 6.45) is 0.926. The zero-order valence-electron chi connectivity index (χ0n) is 13.8. The first-order chi connectivity index (χ1) is 8.02. The van der Waals surface area contributed by atoms with Crippen molar-refractivity contribution < 1.29 is 8.85 Å². The highest BCUT2D eigenvalue weighted by atomic mass is 28.4. The molecule has 0 aliphatic heterocycles. The lowest BCUT2D eigenvalue weighted by molar-refractivity contribution is 0.126. The fraction of sp³-hybridized carbons (Fsp3) is 1.00. The van der Waals surface area contributed by atoms with Gasteiger partial charge in [0.2, 0.25) is 0 Å². The first-order valence-corrected chi connectivity index (χ1v) is 12.5. The minimum absolute atomic E-state index is 0.160. The van der Waals surface area contributed by atoms with Crippen LogP contribution in [0.2, 0.25) is 19.6 Å². The van der Waals surface area contributed by atoms with E-state index in [0.717, 1.165) is 12.8 Å². The van der Waals surface area contributed by atoms with Crippen molar-refractivity contribution in [2.75, 3.05) is 19.8 Å². The minimum atomic E-state index is -2.09. The average Bonchev–Trinajstić information content (AvgIpc) is 2.15. The fourth-order valence-electron chi connectivity index (χ4n) is 1.62. The summed E-state index contributed by atoms with van der Waals surface area (Å²) >= 11 is 0. The van der Waals surface area contributed by atoms with E-state index in [1.807, 2.05) is 0 Å². The number of hydrogen-bond donors (Lipinski definition) is 0. The van der Waals surface area contributed by atoms with Gasteiger partial charge in [-0.15, -0.1) is 0 Å². The molecule has 0 saturated heterocycles. The SMILES string of the molecule is CCO[Si](C)(CN(C)C(C)(C)C)OC(C)[SiH](C)C. The molecule has 0 radical (unpaired) electrons. The van der Waals surface area contributed by atoms with E-state index in [4.69, 9.17) is 8.85 Å². The van der Waals surface area contributed by atoms with Crippen molar-refractivity contribution in [2.45, 2.75) is 65.5 Å². The predicted octanol–water partition coefficient (Wildman–Crippen LogP) is 2.80. The van der Waals surface area contributed by atoms with E-state index >= 15 is 0 Å². The molecule has 0 heterocycles. The van der Waals surface area contributed by atoms with Crippen molar-refractivity contribution in [2.24, 2.45) is 0 Å². The first kappa shape index (κ1) is 18.3. The molecule has 0 rings (SSSR count). The van der Waals surface area contributed by atoms with Gasteiger partial charge in [-0.2, -0.15) is 0 Å². The van der Waals surface area contributed by atoms with Gasteiger partial charge < -0.3 is 8.85 Å². The highest BCUT2D eigenvalue weighted by molar-refractivity contribution is 6.68. The quantitative estimate of drug-likeness (QED) is 0.673. The van der Waals surface area contributed by atoms with Gasteiger partial charge in [0.25, 0.3) is 0 Å². The molecule has 110 valence electrons. The summed E-state index contributed by atoms with van der Waals surface area (Å²) in [7, 11) is -0.692. The Hall–Kier alpha value is 0.314. The lowest BCUT2D eigenvalue weighted by atomic mass is 10.1. The van der Waals surface area contributed by atoms with Crippen LogP contribution in [0.15, 0.2) is 0 Å². The van der Waals surface area contributed by atoms with Gasteiger partial charge in [-0.25, -0.2) is 0 Å². The van der Waals surface area contributed by atoms with Gasteiger partial charge in [0.1, 0.15) is 0 Å². The van der Waals surface area contributed by atoms with Crippen LogP contribution in [0.25, 0.3) is 0 Å². The van der Waals surface area contributed by atoms with Crippen molar-refractivity contribution in [3.05, 3.63) is 0 Å². The maximum atomic E-state index is 6.34. The first-order valence-electron chi connectivity index (χ1n) is 7.05. The molecule has 0 saturated carbocycles. The molecule has 3 nitrogen and oxygen atoms in total. The van der Waals surface area contributed by atoms with E-state index in [0.29, 0.717) is 5.73 Å². The second-order valence-corrected chi connectivity index (χ2v) is 13.2. The largest absolute Gasteiger partial charge is 0.394 e. The van der Waals surface area contributed by atoms with E-state index in [9.17, 15) is 0 Å².